The Morgan fingerprint density at radius 3 is 2.42 bits per heavy atom. The quantitative estimate of drug-likeness (QED) is 0.649. The first-order valence-electron chi connectivity index (χ1n) is 3.26. The Balaban J connectivity index is 3.37. The summed E-state index contributed by atoms with van der Waals surface area (Å²) < 4.78 is 43.4. The van der Waals surface area contributed by atoms with Gasteiger partial charge in [0, 0.05) is 0 Å². The zero-order valence-electron chi connectivity index (χ0n) is 6.48. The van der Waals surface area contributed by atoms with Gasteiger partial charge in [-0.2, -0.15) is 13.2 Å². The molecule has 0 aromatic carbocycles. The van der Waals surface area contributed by atoms with Gasteiger partial charge in [0.25, 0.3) is 0 Å². The first kappa shape index (κ1) is 11.6. The summed E-state index contributed by atoms with van der Waals surface area (Å²) in [6, 6.07) is 0. The van der Waals surface area contributed by atoms with Crippen molar-refractivity contribution >= 4 is 17.3 Å². The molecule has 0 fully saturated rings. The van der Waals surface area contributed by atoms with Crippen LogP contribution in [-0.4, -0.2) is 31.0 Å². The molecular formula is C6H9F3O2S. The fourth-order valence-electron chi connectivity index (χ4n) is 0.453. The molecule has 2 nitrogen and oxygen atoms in total. The van der Waals surface area contributed by atoms with Crippen LogP contribution >= 0.6 is 12.2 Å². The van der Waals surface area contributed by atoms with Crippen LogP contribution in [0.2, 0.25) is 0 Å². The largest absolute Gasteiger partial charge is 0.485 e. The molecule has 0 aromatic rings. The highest BCUT2D eigenvalue weighted by Crippen LogP contribution is 2.14. The Bertz CT molecular complexity index is 146. The van der Waals surface area contributed by atoms with Crippen LogP contribution in [0.3, 0.4) is 0 Å². The normalized spacial score (nSPS) is 11.3. The Morgan fingerprint density at radius 2 is 2.00 bits per heavy atom. The van der Waals surface area contributed by atoms with Gasteiger partial charge in [-0.15, -0.1) is 0 Å². The van der Waals surface area contributed by atoms with E-state index in [1.807, 2.05) is 0 Å². The number of hydrogen-bond donors (Lipinski definition) is 0. The molecule has 0 heterocycles. The van der Waals surface area contributed by atoms with E-state index in [4.69, 9.17) is 4.74 Å². The minimum atomic E-state index is -4.30. The fourth-order valence-corrected chi connectivity index (χ4v) is 0.654. The average Bonchev–Trinajstić information content (AvgIpc) is 1.84. The summed E-state index contributed by atoms with van der Waals surface area (Å²) >= 11 is 4.53. The van der Waals surface area contributed by atoms with E-state index in [-0.39, 0.29) is 11.7 Å². The van der Waals surface area contributed by atoms with Gasteiger partial charge in [0.05, 0.1) is 6.61 Å². The topological polar surface area (TPSA) is 18.5 Å². The molecule has 0 spiro atoms. The highest BCUT2D eigenvalue weighted by atomic mass is 32.1. The van der Waals surface area contributed by atoms with Crippen molar-refractivity contribution in [2.24, 2.45) is 0 Å². The van der Waals surface area contributed by atoms with Crippen LogP contribution in [-0.2, 0) is 9.47 Å². The predicted molar refractivity (Wildman–Crippen MR) is 41.1 cm³/mol. The average molecular weight is 202 g/mol. The lowest BCUT2D eigenvalue weighted by Gasteiger charge is -2.08. The highest BCUT2D eigenvalue weighted by molar-refractivity contribution is 7.80. The highest BCUT2D eigenvalue weighted by Gasteiger charge is 2.27. The van der Waals surface area contributed by atoms with Gasteiger partial charge in [0.15, 0.2) is 5.05 Å². The van der Waals surface area contributed by atoms with E-state index in [2.05, 4.69) is 17.0 Å². The zero-order chi connectivity index (χ0) is 9.61. The van der Waals surface area contributed by atoms with Gasteiger partial charge in [-0.25, -0.2) is 0 Å². The molecule has 0 unspecified atom stereocenters. The van der Waals surface area contributed by atoms with Gasteiger partial charge in [0.2, 0.25) is 0 Å². The molecule has 0 aliphatic carbocycles. The third-order valence-corrected chi connectivity index (χ3v) is 1.03. The molecule has 0 aliphatic rings. The van der Waals surface area contributed by atoms with Crippen LogP contribution in [0.25, 0.3) is 0 Å². The monoisotopic (exact) mass is 202 g/mol. The number of hydrogen-bond acceptors (Lipinski definition) is 3. The van der Waals surface area contributed by atoms with Crippen LogP contribution < -0.4 is 0 Å². The van der Waals surface area contributed by atoms with Crippen molar-refractivity contribution in [2.45, 2.75) is 13.1 Å². The summed E-state index contributed by atoms with van der Waals surface area (Å²) in [7, 11) is 0. The van der Waals surface area contributed by atoms with Crippen molar-refractivity contribution in [1.29, 1.82) is 0 Å². The van der Waals surface area contributed by atoms with Crippen molar-refractivity contribution in [3.8, 4) is 0 Å². The minimum Gasteiger partial charge on any atom is -0.485 e. The predicted octanol–water partition coefficient (Wildman–Crippen LogP) is 1.93. The maximum Gasteiger partial charge on any atom is 0.411 e. The van der Waals surface area contributed by atoms with Gasteiger partial charge in [0.1, 0.15) is 13.2 Å². The van der Waals surface area contributed by atoms with Crippen molar-refractivity contribution in [1.82, 2.24) is 0 Å². The standard InChI is InChI=1S/C6H9F3O2S/c1-2-11-5(12)3-10-4-6(7,8)9/h2-4H2,1H3. The fraction of sp³-hybridized carbons (Fsp3) is 0.833. The molecule has 0 amide bonds. The van der Waals surface area contributed by atoms with E-state index in [1.54, 1.807) is 6.92 Å². The van der Waals surface area contributed by atoms with Crippen LogP contribution in [0.15, 0.2) is 0 Å². The van der Waals surface area contributed by atoms with Crippen molar-refractivity contribution in [3.63, 3.8) is 0 Å². The van der Waals surface area contributed by atoms with Crippen LogP contribution in [0.5, 0.6) is 0 Å². The summed E-state index contributed by atoms with van der Waals surface area (Å²) in [6.45, 7) is 0.452. The molecule has 72 valence electrons. The van der Waals surface area contributed by atoms with E-state index in [0.29, 0.717) is 6.61 Å². The van der Waals surface area contributed by atoms with Crippen LogP contribution in [0.4, 0.5) is 13.2 Å². The van der Waals surface area contributed by atoms with Gasteiger partial charge in [-0.05, 0) is 19.1 Å². The van der Waals surface area contributed by atoms with Gasteiger partial charge in [-0.3, -0.25) is 0 Å². The van der Waals surface area contributed by atoms with Crippen LogP contribution in [0, 0.1) is 0 Å². The van der Waals surface area contributed by atoms with E-state index in [9.17, 15) is 13.2 Å². The summed E-state index contributed by atoms with van der Waals surface area (Å²) in [5.41, 5.74) is 0. The molecule has 0 radical (unpaired) electrons. The maximum absolute atomic E-state index is 11.5. The maximum atomic E-state index is 11.5. The summed E-state index contributed by atoms with van der Waals surface area (Å²) in [5, 5.41) is 0.0433. The first-order valence-corrected chi connectivity index (χ1v) is 3.66. The summed E-state index contributed by atoms with van der Waals surface area (Å²) in [6.07, 6.45) is -4.30. The van der Waals surface area contributed by atoms with Gasteiger partial charge >= 0.3 is 6.18 Å². The van der Waals surface area contributed by atoms with Crippen molar-refractivity contribution < 1.29 is 22.6 Å². The molecule has 0 N–H and O–H groups in total. The molecule has 0 saturated carbocycles. The molecular weight excluding hydrogens is 193 g/mol. The smallest absolute Gasteiger partial charge is 0.411 e. The lowest BCUT2D eigenvalue weighted by Crippen LogP contribution is -2.20. The Labute approximate surface area is 73.6 Å². The third kappa shape index (κ3) is 7.74. The lowest BCUT2D eigenvalue weighted by molar-refractivity contribution is -0.170. The SMILES string of the molecule is CCOC(=S)COCC(F)(F)F. The van der Waals surface area contributed by atoms with E-state index in [1.165, 1.54) is 0 Å². The first-order chi connectivity index (χ1) is 5.45. The Hall–Kier alpha value is -0.360. The third-order valence-electron chi connectivity index (χ3n) is 0.791. The molecule has 6 heteroatoms. The number of alkyl halides is 3. The summed E-state index contributed by atoms with van der Waals surface area (Å²) in [5.74, 6) is 0. The van der Waals surface area contributed by atoms with Gasteiger partial charge < -0.3 is 9.47 Å². The van der Waals surface area contributed by atoms with Crippen molar-refractivity contribution in [2.75, 3.05) is 19.8 Å². The van der Waals surface area contributed by atoms with E-state index >= 15 is 0 Å². The Morgan fingerprint density at radius 1 is 1.42 bits per heavy atom. The van der Waals surface area contributed by atoms with E-state index < -0.39 is 12.8 Å². The second-order valence-electron chi connectivity index (χ2n) is 1.91. The summed E-state index contributed by atoms with van der Waals surface area (Å²) in [4.78, 5) is 0. The Kier molecular flexibility index (Phi) is 5.16. The number of rotatable bonds is 4. The second kappa shape index (κ2) is 5.31. The lowest BCUT2D eigenvalue weighted by atomic mass is 10.7. The number of halogens is 3. The van der Waals surface area contributed by atoms with Gasteiger partial charge in [-0.1, -0.05) is 0 Å². The van der Waals surface area contributed by atoms with E-state index in [0.717, 1.165) is 0 Å². The zero-order valence-corrected chi connectivity index (χ0v) is 7.30. The molecule has 0 aromatic heterocycles. The molecule has 0 aliphatic heterocycles. The molecule has 12 heavy (non-hydrogen) atoms. The molecule has 0 atom stereocenters. The molecule has 0 bridgehead atoms. The molecule has 0 saturated heterocycles. The minimum absolute atomic E-state index is 0.0433. The second-order valence-corrected chi connectivity index (χ2v) is 2.37. The number of ether oxygens (including phenoxy) is 2. The van der Waals surface area contributed by atoms with Crippen molar-refractivity contribution in [3.05, 3.63) is 0 Å². The van der Waals surface area contributed by atoms with Crippen LogP contribution in [0.1, 0.15) is 6.92 Å². The number of thiocarbonyl (C=S) groups is 1. The molecule has 0 rings (SSSR count).